The van der Waals surface area contributed by atoms with Gasteiger partial charge in [-0.05, 0) is 25.0 Å². The molecule has 0 bridgehead atoms. The van der Waals surface area contributed by atoms with Gasteiger partial charge in [0.2, 0.25) is 10.0 Å². The molecule has 2 aromatic carbocycles. The molecule has 30 heavy (non-hydrogen) atoms. The standard InChI is InChI=1S/C19H22N4O6S/c1-14-6-7-18(23(26)27)13-19(14)30(28,29)21-10-8-20(9-11-21)15(2)16-4-3-5-17(12-16)22(24)25/h3-7,12-13,15H,8-11H2,1-2H3. The molecule has 10 nitrogen and oxygen atoms in total. The number of nitrogens with zero attached hydrogens (tertiary/aromatic N) is 4. The lowest BCUT2D eigenvalue weighted by Crippen LogP contribution is -2.49. The minimum atomic E-state index is -3.87. The zero-order valence-electron chi connectivity index (χ0n) is 16.6. The van der Waals surface area contributed by atoms with Crippen molar-refractivity contribution in [1.82, 2.24) is 9.21 Å². The third-order valence-electron chi connectivity index (χ3n) is 5.38. The van der Waals surface area contributed by atoms with E-state index in [-0.39, 0.29) is 35.4 Å². The molecule has 1 aliphatic heterocycles. The second-order valence-electron chi connectivity index (χ2n) is 7.18. The Morgan fingerprint density at radius 2 is 1.53 bits per heavy atom. The number of nitro groups is 2. The van der Waals surface area contributed by atoms with Gasteiger partial charge >= 0.3 is 0 Å². The van der Waals surface area contributed by atoms with E-state index in [0.717, 1.165) is 11.6 Å². The summed E-state index contributed by atoms with van der Waals surface area (Å²) in [5.41, 5.74) is 0.988. The van der Waals surface area contributed by atoms with Gasteiger partial charge in [0.1, 0.15) is 0 Å². The van der Waals surface area contributed by atoms with Crippen LogP contribution in [0.25, 0.3) is 0 Å². The number of nitro benzene ring substituents is 2. The number of benzene rings is 2. The largest absolute Gasteiger partial charge is 0.294 e. The Balaban J connectivity index is 1.75. The van der Waals surface area contributed by atoms with Gasteiger partial charge in [-0.1, -0.05) is 18.2 Å². The van der Waals surface area contributed by atoms with Crippen molar-refractivity contribution in [3.63, 3.8) is 0 Å². The van der Waals surface area contributed by atoms with Crippen molar-refractivity contribution in [2.45, 2.75) is 24.8 Å². The maximum absolute atomic E-state index is 13.1. The second kappa shape index (κ2) is 8.46. The van der Waals surface area contributed by atoms with Gasteiger partial charge in [0.05, 0.1) is 14.7 Å². The summed E-state index contributed by atoms with van der Waals surface area (Å²) in [4.78, 5) is 23.0. The van der Waals surface area contributed by atoms with Crippen LogP contribution in [0.4, 0.5) is 11.4 Å². The molecule has 1 saturated heterocycles. The zero-order chi connectivity index (χ0) is 22.1. The first-order valence-electron chi connectivity index (χ1n) is 9.35. The van der Waals surface area contributed by atoms with Gasteiger partial charge < -0.3 is 0 Å². The van der Waals surface area contributed by atoms with Crippen molar-refractivity contribution >= 4 is 21.4 Å². The average molecular weight is 434 g/mol. The van der Waals surface area contributed by atoms with Gasteiger partial charge in [0.15, 0.2) is 0 Å². The molecule has 1 aliphatic rings. The van der Waals surface area contributed by atoms with Gasteiger partial charge in [0.25, 0.3) is 11.4 Å². The van der Waals surface area contributed by atoms with Gasteiger partial charge in [-0.25, -0.2) is 8.42 Å². The van der Waals surface area contributed by atoms with Crippen molar-refractivity contribution in [2.75, 3.05) is 26.2 Å². The van der Waals surface area contributed by atoms with Crippen molar-refractivity contribution in [3.05, 3.63) is 73.8 Å². The first-order chi connectivity index (χ1) is 14.1. The van der Waals surface area contributed by atoms with E-state index in [0.29, 0.717) is 18.7 Å². The molecule has 0 spiro atoms. The number of aryl methyl sites for hydroxylation is 1. The summed E-state index contributed by atoms with van der Waals surface area (Å²) in [6.07, 6.45) is 0. The number of hydrogen-bond donors (Lipinski definition) is 0. The number of sulfonamides is 1. The topological polar surface area (TPSA) is 127 Å². The van der Waals surface area contributed by atoms with Crippen LogP contribution < -0.4 is 0 Å². The molecule has 0 amide bonds. The third kappa shape index (κ3) is 4.32. The van der Waals surface area contributed by atoms with Crippen LogP contribution in [0.15, 0.2) is 47.4 Å². The Kier molecular flexibility index (Phi) is 6.15. The van der Waals surface area contributed by atoms with Gasteiger partial charge in [-0.2, -0.15) is 4.31 Å². The Hall–Kier alpha value is -2.89. The van der Waals surface area contributed by atoms with Crippen molar-refractivity contribution < 1.29 is 18.3 Å². The molecule has 1 unspecified atom stereocenters. The van der Waals surface area contributed by atoms with Crippen LogP contribution in [0.5, 0.6) is 0 Å². The predicted octanol–water partition coefficient (Wildman–Crippen LogP) is 2.88. The SMILES string of the molecule is Cc1ccc([N+](=O)[O-])cc1S(=O)(=O)N1CCN(C(C)c2cccc([N+](=O)[O-])c2)CC1. The molecule has 0 radical (unpaired) electrons. The van der Waals surface area contributed by atoms with Gasteiger partial charge in [-0.15, -0.1) is 0 Å². The predicted molar refractivity (Wildman–Crippen MR) is 110 cm³/mol. The normalized spacial score (nSPS) is 16.9. The first kappa shape index (κ1) is 21.8. The quantitative estimate of drug-likeness (QED) is 0.505. The zero-order valence-corrected chi connectivity index (χ0v) is 17.4. The van der Waals surface area contributed by atoms with E-state index in [2.05, 4.69) is 4.90 Å². The molecule has 160 valence electrons. The monoisotopic (exact) mass is 434 g/mol. The lowest BCUT2D eigenvalue weighted by atomic mass is 10.1. The Morgan fingerprint density at radius 3 is 2.13 bits per heavy atom. The average Bonchev–Trinajstić information content (AvgIpc) is 2.73. The van der Waals surface area contributed by atoms with E-state index in [1.165, 1.54) is 28.6 Å². The minimum Gasteiger partial charge on any atom is -0.294 e. The minimum absolute atomic E-state index is 0.0155. The maximum Gasteiger partial charge on any atom is 0.270 e. The molecule has 1 atom stereocenters. The van der Waals surface area contributed by atoms with Crippen LogP contribution in [0.1, 0.15) is 24.1 Å². The van der Waals surface area contributed by atoms with E-state index in [9.17, 15) is 28.6 Å². The third-order valence-corrected chi connectivity index (χ3v) is 7.43. The summed E-state index contributed by atoms with van der Waals surface area (Å²) < 4.78 is 27.4. The molecule has 0 aliphatic carbocycles. The highest BCUT2D eigenvalue weighted by atomic mass is 32.2. The summed E-state index contributed by atoms with van der Waals surface area (Å²) in [5.74, 6) is 0. The van der Waals surface area contributed by atoms with Crippen LogP contribution in [0.2, 0.25) is 0 Å². The lowest BCUT2D eigenvalue weighted by molar-refractivity contribution is -0.385. The molecule has 11 heteroatoms. The molecule has 0 saturated carbocycles. The fourth-order valence-electron chi connectivity index (χ4n) is 3.56. The maximum atomic E-state index is 13.1. The number of non-ortho nitro benzene ring substituents is 2. The highest BCUT2D eigenvalue weighted by molar-refractivity contribution is 7.89. The fourth-order valence-corrected chi connectivity index (χ4v) is 5.23. The molecular formula is C19H22N4O6S. The molecule has 0 N–H and O–H groups in total. The number of piperazine rings is 1. The summed E-state index contributed by atoms with van der Waals surface area (Å²) in [7, 11) is -3.87. The molecule has 3 rings (SSSR count). The number of hydrogen-bond acceptors (Lipinski definition) is 7. The van der Waals surface area contributed by atoms with E-state index in [4.69, 9.17) is 0 Å². The van der Waals surface area contributed by atoms with Crippen LogP contribution in [-0.2, 0) is 10.0 Å². The van der Waals surface area contributed by atoms with E-state index in [1.54, 1.807) is 13.0 Å². The highest BCUT2D eigenvalue weighted by Gasteiger charge is 2.32. The lowest BCUT2D eigenvalue weighted by Gasteiger charge is -2.37. The molecular weight excluding hydrogens is 412 g/mol. The van der Waals surface area contributed by atoms with E-state index >= 15 is 0 Å². The highest BCUT2D eigenvalue weighted by Crippen LogP contribution is 2.28. The Morgan fingerprint density at radius 1 is 0.933 bits per heavy atom. The number of rotatable bonds is 6. The summed E-state index contributed by atoms with van der Waals surface area (Å²) >= 11 is 0. The summed E-state index contributed by atoms with van der Waals surface area (Å²) in [6.45, 7) is 4.87. The van der Waals surface area contributed by atoms with E-state index in [1.807, 2.05) is 13.0 Å². The second-order valence-corrected chi connectivity index (χ2v) is 9.08. The van der Waals surface area contributed by atoms with Gasteiger partial charge in [-0.3, -0.25) is 25.1 Å². The Bertz CT molecular complexity index is 1080. The first-order valence-corrected chi connectivity index (χ1v) is 10.8. The van der Waals surface area contributed by atoms with Crippen molar-refractivity contribution in [1.29, 1.82) is 0 Å². The molecule has 0 aromatic heterocycles. The molecule has 1 fully saturated rings. The Labute approximate surface area is 174 Å². The van der Waals surface area contributed by atoms with Gasteiger partial charge in [0, 0.05) is 56.5 Å². The molecule has 1 heterocycles. The summed E-state index contributed by atoms with van der Waals surface area (Å²) in [5, 5.41) is 22.0. The van der Waals surface area contributed by atoms with Crippen LogP contribution >= 0.6 is 0 Å². The van der Waals surface area contributed by atoms with Crippen molar-refractivity contribution in [2.24, 2.45) is 0 Å². The van der Waals surface area contributed by atoms with Crippen LogP contribution in [0.3, 0.4) is 0 Å². The summed E-state index contributed by atoms with van der Waals surface area (Å²) in [6, 6.07) is 10.1. The van der Waals surface area contributed by atoms with Crippen LogP contribution in [0, 0.1) is 27.2 Å². The molecule has 2 aromatic rings. The van der Waals surface area contributed by atoms with E-state index < -0.39 is 19.9 Å². The van der Waals surface area contributed by atoms with Crippen molar-refractivity contribution in [3.8, 4) is 0 Å². The fraction of sp³-hybridized carbons (Fsp3) is 0.368. The smallest absolute Gasteiger partial charge is 0.270 e. The van der Waals surface area contributed by atoms with Crippen LogP contribution in [-0.4, -0.2) is 53.6 Å².